The first-order valence-electron chi connectivity index (χ1n) is 7.08. The molecular formula is C16H18N2O4S2. The number of nitrogens with two attached hydrogens (primary N) is 1. The summed E-state index contributed by atoms with van der Waals surface area (Å²) in [7, 11) is -2.59. The molecule has 0 saturated carbocycles. The van der Waals surface area contributed by atoms with E-state index >= 15 is 0 Å². The average molecular weight is 366 g/mol. The minimum atomic E-state index is -3.94. The summed E-state index contributed by atoms with van der Waals surface area (Å²) in [6, 6.07) is 14.1. The summed E-state index contributed by atoms with van der Waals surface area (Å²) in [5.41, 5.74) is 0.356. The van der Waals surface area contributed by atoms with Crippen LogP contribution < -0.4 is 15.2 Å². The van der Waals surface area contributed by atoms with Gasteiger partial charge in [0, 0.05) is 22.8 Å². The second-order valence-electron chi connectivity index (χ2n) is 4.87. The van der Waals surface area contributed by atoms with Crippen LogP contribution in [0, 0.1) is 0 Å². The van der Waals surface area contributed by atoms with E-state index in [1.165, 1.54) is 19.2 Å². The van der Waals surface area contributed by atoms with E-state index in [4.69, 9.17) is 9.88 Å². The largest absolute Gasteiger partial charge is 0.495 e. The lowest BCUT2D eigenvalue weighted by Gasteiger charge is -2.10. The van der Waals surface area contributed by atoms with Gasteiger partial charge in [0.25, 0.3) is 0 Å². The Balaban J connectivity index is 1.96. The maximum Gasteiger partial charge on any atom is 0.241 e. The van der Waals surface area contributed by atoms with E-state index in [-0.39, 0.29) is 16.6 Å². The highest BCUT2D eigenvalue weighted by molar-refractivity contribution is 7.99. The van der Waals surface area contributed by atoms with E-state index in [1.807, 2.05) is 30.3 Å². The van der Waals surface area contributed by atoms with Crippen LogP contribution in [0.25, 0.3) is 0 Å². The Kier molecular flexibility index (Phi) is 6.24. The zero-order valence-electron chi connectivity index (χ0n) is 13.1. The lowest BCUT2D eigenvalue weighted by molar-refractivity contribution is -0.115. The fourth-order valence-electron chi connectivity index (χ4n) is 1.98. The van der Waals surface area contributed by atoms with Crippen molar-refractivity contribution in [3.05, 3.63) is 48.5 Å². The summed E-state index contributed by atoms with van der Waals surface area (Å²) >= 11 is 1.58. The molecular weight excluding hydrogens is 348 g/mol. The number of anilines is 1. The zero-order valence-corrected chi connectivity index (χ0v) is 14.7. The molecule has 0 unspecified atom stereocenters. The van der Waals surface area contributed by atoms with Crippen LogP contribution in [0.3, 0.4) is 0 Å². The van der Waals surface area contributed by atoms with Gasteiger partial charge in [-0.15, -0.1) is 11.8 Å². The maximum atomic E-state index is 12.0. The van der Waals surface area contributed by atoms with Gasteiger partial charge in [-0.25, -0.2) is 13.6 Å². The van der Waals surface area contributed by atoms with E-state index in [9.17, 15) is 13.2 Å². The topological polar surface area (TPSA) is 98.5 Å². The van der Waals surface area contributed by atoms with Crippen molar-refractivity contribution >= 4 is 33.4 Å². The molecule has 0 bridgehead atoms. The van der Waals surface area contributed by atoms with Gasteiger partial charge >= 0.3 is 0 Å². The van der Waals surface area contributed by atoms with Crippen LogP contribution in [-0.2, 0) is 14.8 Å². The third-order valence-electron chi connectivity index (χ3n) is 3.09. The SMILES string of the molecule is COc1ccc(NC(=O)CCSc2ccccc2)cc1S(N)(=O)=O. The van der Waals surface area contributed by atoms with Gasteiger partial charge in [0.05, 0.1) is 7.11 Å². The van der Waals surface area contributed by atoms with Crippen LogP contribution in [0.5, 0.6) is 5.75 Å². The fourth-order valence-corrected chi connectivity index (χ4v) is 3.57. The standard InChI is InChI=1S/C16H18N2O4S2/c1-22-14-8-7-12(11-15(14)24(17,20)21)18-16(19)9-10-23-13-5-3-2-4-6-13/h2-8,11H,9-10H2,1H3,(H,18,19)(H2,17,20,21). The van der Waals surface area contributed by atoms with Crippen LogP contribution in [0.4, 0.5) is 5.69 Å². The Morgan fingerprint density at radius 3 is 2.54 bits per heavy atom. The van der Waals surface area contributed by atoms with Gasteiger partial charge in [0.1, 0.15) is 10.6 Å². The minimum absolute atomic E-state index is 0.134. The van der Waals surface area contributed by atoms with E-state index in [1.54, 1.807) is 17.8 Å². The molecule has 0 atom stereocenters. The first kappa shape index (κ1) is 18.3. The van der Waals surface area contributed by atoms with E-state index in [0.717, 1.165) is 4.90 Å². The number of benzene rings is 2. The molecule has 0 aliphatic carbocycles. The van der Waals surface area contributed by atoms with Crippen molar-refractivity contribution in [2.24, 2.45) is 5.14 Å². The summed E-state index contributed by atoms with van der Waals surface area (Å²) in [6.07, 6.45) is 0.302. The quantitative estimate of drug-likeness (QED) is 0.734. The molecule has 128 valence electrons. The van der Waals surface area contributed by atoms with Crippen LogP contribution in [0.2, 0.25) is 0 Å². The second-order valence-corrected chi connectivity index (χ2v) is 7.57. The Morgan fingerprint density at radius 1 is 1.21 bits per heavy atom. The number of amides is 1. The number of rotatable bonds is 7. The minimum Gasteiger partial charge on any atom is -0.495 e. The first-order chi connectivity index (χ1) is 11.4. The van der Waals surface area contributed by atoms with E-state index in [0.29, 0.717) is 17.9 Å². The number of hydrogen-bond donors (Lipinski definition) is 2. The molecule has 2 rings (SSSR count). The van der Waals surface area contributed by atoms with Crippen LogP contribution in [-0.4, -0.2) is 27.2 Å². The van der Waals surface area contributed by atoms with Gasteiger partial charge in [-0.1, -0.05) is 18.2 Å². The molecule has 0 aliphatic heterocycles. The molecule has 0 radical (unpaired) electrons. The number of sulfonamides is 1. The highest BCUT2D eigenvalue weighted by Gasteiger charge is 2.16. The Labute approximate surface area is 145 Å². The van der Waals surface area contributed by atoms with Gasteiger partial charge in [-0.05, 0) is 30.3 Å². The molecule has 0 aliphatic rings. The zero-order chi connectivity index (χ0) is 17.6. The Morgan fingerprint density at radius 2 is 1.92 bits per heavy atom. The van der Waals surface area contributed by atoms with Gasteiger partial charge in [0.15, 0.2) is 0 Å². The molecule has 0 saturated heterocycles. The number of methoxy groups -OCH3 is 1. The molecule has 0 spiro atoms. The van der Waals surface area contributed by atoms with Crippen molar-refractivity contribution in [2.45, 2.75) is 16.2 Å². The lowest BCUT2D eigenvalue weighted by atomic mass is 10.3. The van der Waals surface area contributed by atoms with Gasteiger partial charge in [-0.2, -0.15) is 0 Å². The van der Waals surface area contributed by atoms with Crippen molar-refractivity contribution in [1.29, 1.82) is 0 Å². The summed E-state index contributed by atoms with van der Waals surface area (Å²) in [6.45, 7) is 0. The van der Waals surface area contributed by atoms with Crippen molar-refractivity contribution in [3.8, 4) is 5.75 Å². The Hall–Kier alpha value is -2.03. The van der Waals surface area contributed by atoms with Crippen molar-refractivity contribution < 1.29 is 17.9 Å². The Bertz CT molecular complexity index is 808. The lowest BCUT2D eigenvalue weighted by Crippen LogP contribution is -2.16. The molecule has 3 N–H and O–H groups in total. The highest BCUT2D eigenvalue weighted by Crippen LogP contribution is 2.26. The molecule has 8 heteroatoms. The predicted octanol–water partition coefficient (Wildman–Crippen LogP) is 2.46. The molecule has 6 nitrogen and oxygen atoms in total. The molecule has 0 aromatic heterocycles. The molecule has 24 heavy (non-hydrogen) atoms. The summed E-state index contributed by atoms with van der Waals surface area (Å²) < 4.78 is 28.1. The van der Waals surface area contributed by atoms with Crippen LogP contribution in [0.1, 0.15) is 6.42 Å². The number of primary sulfonamides is 1. The van der Waals surface area contributed by atoms with Crippen molar-refractivity contribution in [2.75, 3.05) is 18.2 Å². The van der Waals surface area contributed by atoms with Gasteiger partial charge < -0.3 is 10.1 Å². The van der Waals surface area contributed by atoms with Gasteiger partial charge in [-0.3, -0.25) is 4.79 Å². The third-order valence-corrected chi connectivity index (χ3v) is 5.04. The number of carbonyl (C=O) groups is 1. The van der Waals surface area contributed by atoms with Crippen molar-refractivity contribution in [3.63, 3.8) is 0 Å². The maximum absolute atomic E-state index is 12.0. The molecule has 1 amide bonds. The average Bonchev–Trinajstić information content (AvgIpc) is 2.55. The monoisotopic (exact) mass is 366 g/mol. The third kappa shape index (κ3) is 5.26. The highest BCUT2D eigenvalue weighted by atomic mass is 32.2. The summed E-state index contributed by atoms with van der Waals surface area (Å²) in [4.78, 5) is 12.9. The molecule has 2 aromatic carbocycles. The second kappa shape index (κ2) is 8.18. The number of carbonyl (C=O) groups excluding carboxylic acids is 1. The molecule has 0 fully saturated rings. The number of nitrogens with one attached hydrogen (secondary N) is 1. The normalized spacial score (nSPS) is 11.1. The van der Waals surface area contributed by atoms with Crippen molar-refractivity contribution in [1.82, 2.24) is 0 Å². The van der Waals surface area contributed by atoms with Crippen LogP contribution in [0.15, 0.2) is 58.3 Å². The summed E-state index contributed by atoms with van der Waals surface area (Å²) in [5.74, 6) is 0.549. The summed E-state index contributed by atoms with van der Waals surface area (Å²) in [5, 5.41) is 7.82. The number of ether oxygens (including phenoxy) is 1. The van der Waals surface area contributed by atoms with E-state index < -0.39 is 10.0 Å². The smallest absolute Gasteiger partial charge is 0.241 e. The molecule has 2 aromatic rings. The number of hydrogen-bond acceptors (Lipinski definition) is 5. The van der Waals surface area contributed by atoms with Crippen LogP contribution >= 0.6 is 11.8 Å². The van der Waals surface area contributed by atoms with E-state index in [2.05, 4.69) is 5.32 Å². The predicted molar refractivity (Wildman–Crippen MR) is 94.8 cm³/mol. The first-order valence-corrected chi connectivity index (χ1v) is 9.62. The number of thioether (sulfide) groups is 1. The fraction of sp³-hybridized carbons (Fsp3) is 0.188. The van der Waals surface area contributed by atoms with Gasteiger partial charge in [0.2, 0.25) is 15.9 Å². The molecule has 0 heterocycles.